The van der Waals surface area contributed by atoms with Gasteiger partial charge in [0.25, 0.3) is 0 Å². The maximum Gasteiger partial charge on any atom is 0.0278 e. The molecule has 1 fully saturated rings. The summed E-state index contributed by atoms with van der Waals surface area (Å²) >= 11 is 0. The average molecular weight is 283 g/mol. The van der Waals surface area contributed by atoms with Gasteiger partial charge in [0.2, 0.25) is 0 Å². The van der Waals surface area contributed by atoms with E-state index in [4.69, 9.17) is 0 Å². The molecule has 0 aromatic heterocycles. The second-order valence-corrected chi connectivity index (χ2v) is 7.13. The summed E-state index contributed by atoms with van der Waals surface area (Å²) in [6.07, 6.45) is 9.48. The van der Waals surface area contributed by atoms with Crippen molar-refractivity contribution in [3.8, 4) is 0 Å². The van der Waals surface area contributed by atoms with Crippen molar-refractivity contribution in [3.05, 3.63) is 0 Å². The molecule has 1 rings (SSSR count). The Morgan fingerprint density at radius 2 is 1.85 bits per heavy atom. The van der Waals surface area contributed by atoms with Crippen LogP contribution in [-0.2, 0) is 0 Å². The number of hydrogen-bond donors (Lipinski definition) is 1. The van der Waals surface area contributed by atoms with E-state index in [-0.39, 0.29) is 0 Å². The number of piperazine rings is 1. The zero-order valence-corrected chi connectivity index (χ0v) is 14.7. The average Bonchev–Trinajstić information content (AvgIpc) is 2.46. The molecule has 2 nitrogen and oxygen atoms in total. The third-order valence-corrected chi connectivity index (χ3v) is 5.39. The number of rotatable bonds is 9. The molecular formula is C18H38N2. The van der Waals surface area contributed by atoms with Crippen LogP contribution in [0.15, 0.2) is 0 Å². The summed E-state index contributed by atoms with van der Waals surface area (Å²) in [5, 5.41) is 3.81. The van der Waals surface area contributed by atoms with Gasteiger partial charge in [0.1, 0.15) is 0 Å². The van der Waals surface area contributed by atoms with Crippen LogP contribution in [0.1, 0.15) is 79.6 Å². The molecule has 3 atom stereocenters. The van der Waals surface area contributed by atoms with E-state index in [1.54, 1.807) is 0 Å². The van der Waals surface area contributed by atoms with Gasteiger partial charge in [-0.15, -0.1) is 0 Å². The quantitative estimate of drug-likeness (QED) is 0.629. The summed E-state index contributed by atoms with van der Waals surface area (Å²) in [4.78, 5) is 2.79. The van der Waals surface area contributed by atoms with E-state index < -0.39 is 0 Å². The molecule has 0 aromatic carbocycles. The highest BCUT2D eigenvalue weighted by Gasteiger charge is 2.35. The number of nitrogens with zero attached hydrogens (tertiary/aromatic N) is 1. The Morgan fingerprint density at radius 3 is 2.45 bits per heavy atom. The van der Waals surface area contributed by atoms with Crippen LogP contribution in [0.2, 0.25) is 0 Å². The molecule has 0 radical (unpaired) electrons. The Bertz CT molecular complexity index is 254. The monoisotopic (exact) mass is 282 g/mol. The molecule has 120 valence electrons. The first-order chi connectivity index (χ1) is 9.56. The topological polar surface area (TPSA) is 15.3 Å². The van der Waals surface area contributed by atoms with E-state index in [0.29, 0.717) is 5.54 Å². The first kappa shape index (κ1) is 18.0. The fraction of sp³-hybridized carbons (Fsp3) is 1.00. The Kier molecular flexibility index (Phi) is 8.13. The van der Waals surface area contributed by atoms with Gasteiger partial charge in [0, 0.05) is 24.7 Å². The van der Waals surface area contributed by atoms with Crippen molar-refractivity contribution in [3.63, 3.8) is 0 Å². The lowest BCUT2D eigenvalue weighted by molar-refractivity contribution is 0.0536. The molecule has 0 amide bonds. The van der Waals surface area contributed by atoms with E-state index in [9.17, 15) is 0 Å². The van der Waals surface area contributed by atoms with Crippen molar-refractivity contribution in [2.75, 3.05) is 19.6 Å². The second-order valence-electron chi connectivity index (χ2n) is 7.13. The highest BCUT2D eigenvalue weighted by Crippen LogP contribution is 2.24. The van der Waals surface area contributed by atoms with Gasteiger partial charge in [-0.3, -0.25) is 4.90 Å². The molecule has 0 saturated carbocycles. The first-order valence-electron chi connectivity index (χ1n) is 9.05. The minimum absolute atomic E-state index is 0.327. The van der Waals surface area contributed by atoms with E-state index in [2.05, 4.69) is 44.8 Å². The van der Waals surface area contributed by atoms with Crippen LogP contribution < -0.4 is 5.32 Å². The smallest absolute Gasteiger partial charge is 0.0278 e. The van der Waals surface area contributed by atoms with Gasteiger partial charge < -0.3 is 5.32 Å². The van der Waals surface area contributed by atoms with Crippen molar-refractivity contribution in [1.29, 1.82) is 0 Å². The van der Waals surface area contributed by atoms with Crippen molar-refractivity contribution in [1.82, 2.24) is 10.2 Å². The Morgan fingerprint density at radius 1 is 1.15 bits per heavy atom. The summed E-state index contributed by atoms with van der Waals surface area (Å²) < 4.78 is 0. The minimum Gasteiger partial charge on any atom is -0.309 e. The fourth-order valence-electron chi connectivity index (χ4n) is 3.33. The van der Waals surface area contributed by atoms with Crippen molar-refractivity contribution in [2.24, 2.45) is 5.92 Å². The van der Waals surface area contributed by atoms with Gasteiger partial charge in [-0.05, 0) is 32.2 Å². The first-order valence-corrected chi connectivity index (χ1v) is 9.05. The predicted octanol–water partition coefficient (Wildman–Crippen LogP) is 4.45. The van der Waals surface area contributed by atoms with Crippen LogP contribution >= 0.6 is 0 Å². The summed E-state index contributed by atoms with van der Waals surface area (Å²) in [5.74, 6) is 0.805. The van der Waals surface area contributed by atoms with Crippen molar-refractivity contribution < 1.29 is 0 Å². The van der Waals surface area contributed by atoms with Crippen LogP contribution in [0.5, 0.6) is 0 Å². The molecule has 20 heavy (non-hydrogen) atoms. The van der Waals surface area contributed by atoms with E-state index in [1.165, 1.54) is 64.6 Å². The standard InChI is InChI=1S/C18H38N2/c1-6-9-10-11-12-13-20-15-18(5,8-3)19-14-17(20)16(4)7-2/h16-17,19H,6-15H2,1-5H3. The summed E-state index contributed by atoms with van der Waals surface area (Å²) in [6, 6.07) is 0.741. The van der Waals surface area contributed by atoms with Gasteiger partial charge in [-0.25, -0.2) is 0 Å². The van der Waals surface area contributed by atoms with Crippen molar-refractivity contribution in [2.45, 2.75) is 91.1 Å². The van der Waals surface area contributed by atoms with Gasteiger partial charge in [0.05, 0.1) is 0 Å². The molecule has 1 aliphatic rings. The van der Waals surface area contributed by atoms with E-state index >= 15 is 0 Å². The van der Waals surface area contributed by atoms with E-state index in [0.717, 1.165) is 12.0 Å². The highest BCUT2D eigenvalue weighted by molar-refractivity contribution is 4.95. The molecule has 2 heteroatoms. The molecule has 1 heterocycles. The Balaban J connectivity index is 2.49. The number of nitrogens with one attached hydrogen (secondary N) is 1. The third-order valence-electron chi connectivity index (χ3n) is 5.39. The summed E-state index contributed by atoms with van der Waals surface area (Å²) in [5.41, 5.74) is 0.327. The van der Waals surface area contributed by atoms with Gasteiger partial charge in [-0.2, -0.15) is 0 Å². The zero-order valence-electron chi connectivity index (χ0n) is 14.7. The predicted molar refractivity (Wildman–Crippen MR) is 90.3 cm³/mol. The maximum atomic E-state index is 3.81. The number of hydrogen-bond acceptors (Lipinski definition) is 2. The normalized spacial score (nSPS) is 29.6. The lowest BCUT2D eigenvalue weighted by Gasteiger charge is -2.48. The van der Waals surface area contributed by atoms with Crippen molar-refractivity contribution >= 4 is 0 Å². The third kappa shape index (κ3) is 5.37. The summed E-state index contributed by atoms with van der Waals surface area (Å²) in [6.45, 7) is 15.5. The van der Waals surface area contributed by atoms with Crippen LogP contribution in [0.25, 0.3) is 0 Å². The molecular weight excluding hydrogens is 244 g/mol. The SMILES string of the molecule is CCCCCCCN1CC(C)(CC)NCC1C(C)CC. The molecule has 0 aliphatic carbocycles. The van der Waals surface area contributed by atoms with Crippen LogP contribution in [0, 0.1) is 5.92 Å². The fourth-order valence-corrected chi connectivity index (χ4v) is 3.33. The van der Waals surface area contributed by atoms with Gasteiger partial charge in [-0.1, -0.05) is 59.8 Å². The largest absolute Gasteiger partial charge is 0.309 e. The minimum atomic E-state index is 0.327. The maximum absolute atomic E-state index is 3.81. The van der Waals surface area contributed by atoms with Crippen LogP contribution in [-0.4, -0.2) is 36.1 Å². The molecule has 0 bridgehead atoms. The molecule has 0 aromatic rings. The molecule has 1 saturated heterocycles. The number of unbranched alkanes of at least 4 members (excludes halogenated alkanes) is 4. The lowest BCUT2D eigenvalue weighted by Crippen LogP contribution is -2.64. The molecule has 3 unspecified atom stereocenters. The van der Waals surface area contributed by atoms with E-state index in [1.807, 2.05) is 0 Å². The van der Waals surface area contributed by atoms with Gasteiger partial charge >= 0.3 is 0 Å². The molecule has 1 aliphatic heterocycles. The summed E-state index contributed by atoms with van der Waals surface area (Å²) in [7, 11) is 0. The van der Waals surface area contributed by atoms with Crippen LogP contribution in [0.3, 0.4) is 0 Å². The lowest BCUT2D eigenvalue weighted by atomic mass is 9.88. The highest BCUT2D eigenvalue weighted by atomic mass is 15.3. The van der Waals surface area contributed by atoms with Crippen LogP contribution in [0.4, 0.5) is 0 Å². The zero-order chi connectivity index (χ0) is 15.0. The molecule has 1 N–H and O–H groups in total. The molecule has 0 spiro atoms. The Hall–Kier alpha value is -0.0800. The Labute approximate surface area is 127 Å². The second kappa shape index (κ2) is 9.04. The van der Waals surface area contributed by atoms with Gasteiger partial charge in [0.15, 0.2) is 0 Å².